The predicted molar refractivity (Wildman–Crippen MR) is 98.2 cm³/mol. The number of hydrogen-bond acceptors (Lipinski definition) is 5. The summed E-state index contributed by atoms with van der Waals surface area (Å²) in [5.41, 5.74) is 2.39. The molecule has 0 atom stereocenters. The van der Waals surface area contributed by atoms with Crippen molar-refractivity contribution in [3.8, 4) is 11.4 Å². The summed E-state index contributed by atoms with van der Waals surface area (Å²) in [6, 6.07) is 12.2. The standard InChI is InChI=1S/C19H22N6/c1-23-17(14-22-18(23)16-6-3-2-4-7-16)15-24-10-12-25(13-11-24)19-20-8-5-9-21-19/h2-9,14H,10-13,15H2,1H3. The average Bonchev–Trinajstić information content (AvgIpc) is 3.04. The first-order chi connectivity index (χ1) is 12.3. The van der Waals surface area contributed by atoms with E-state index in [1.165, 1.54) is 5.69 Å². The Hall–Kier alpha value is -2.73. The van der Waals surface area contributed by atoms with Crippen molar-refractivity contribution in [2.24, 2.45) is 7.05 Å². The Balaban J connectivity index is 1.40. The summed E-state index contributed by atoms with van der Waals surface area (Å²) in [6.07, 6.45) is 5.60. The lowest BCUT2D eigenvalue weighted by molar-refractivity contribution is 0.244. The molecule has 3 heterocycles. The van der Waals surface area contributed by atoms with E-state index < -0.39 is 0 Å². The minimum atomic E-state index is 0.828. The van der Waals surface area contributed by atoms with E-state index in [0.717, 1.165) is 50.1 Å². The molecule has 0 bridgehead atoms. The summed E-state index contributed by atoms with van der Waals surface area (Å²) >= 11 is 0. The number of anilines is 1. The third kappa shape index (κ3) is 3.39. The molecule has 3 aromatic rings. The molecule has 6 nitrogen and oxygen atoms in total. The van der Waals surface area contributed by atoms with E-state index in [1.54, 1.807) is 12.4 Å². The van der Waals surface area contributed by atoms with Crippen LogP contribution in [0, 0.1) is 0 Å². The van der Waals surface area contributed by atoms with Gasteiger partial charge in [0.1, 0.15) is 5.82 Å². The highest BCUT2D eigenvalue weighted by Gasteiger charge is 2.20. The number of piperazine rings is 1. The molecule has 0 N–H and O–H groups in total. The van der Waals surface area contributed by atoms with Gasteiger partial charge in [-0.1, -0.05) is 30.3 Å². The van der Waals surface area contributed by atoms with Gasteiger partial charge in [-0.2, -0.15) is 0 Å². The van der Waals surface area contributed by atoms with Gasteiger partial charge in [-0.25, -0.2) is 15.0 Å². The quantitative estimate of drug-likeness (QED) is 0.732. The summed E-state index contributed by atoms with van der Waals surface area (Å²) in [5, 5.41) is 0. The zero-order valence-electron chi connectivity index (χ0n) is 14.4. The molecular weight excluding hydrogens is 312 g/mol. The molecule has 0 spiro atoms. The van der Waals surface area contributed by atoms with E-state index in [9.17, 15) is 0 Å². The molecule has 25 heavy (non-hydrogen) atoms. The lowest BCUT2D eigenvalue weighted by atomic mass is 10.2. The fourth-order valence-electron chi connectivity index (χ4n) is 3.24. The maximum absolute atomic E-state index is 4.62. The molecule has 4 rings (SSSR count). The van der Waals surface area contributed by atoms with Gasteiger partial charge in [0.25, 0.3) is 0 Å². The van der Waals surface area contributed by atoms with Crippen molar-refractivity contribution < 1.29 is 0 Å². The zero-order chi connectivity index (χ0) is 17.1. The second-order valence-corrected chi connectivity index (χ2v) is 6.31. The molecule has 1 saturated heterocycles. The first-order valence-electron chi connectivity index (χ1n) is 8.61. The van der Waals surface area contributed by atoms with Gasteiger partial charge in [0.2, 0.25) is 5.95 Å². The summed E-state index contributed by atoms with van der Waals surface area (Å²) in [4.78, 5) is 18.0. The maximum Gasteiger partial charge on any atom is 0.225 e. The molecule has 0 saturated carbocycles. The predicted octanol–water partition coefficient (Wildman–Crippen LogP) is 2.20. The lowest BCUT2D eigenvalue weighted by Gasteiger charge is -2.34. The SMILES string of the molecule is Cn1c(CN2CCN(c3ncccn3)CC2)cnc1-c1ccccc1. The summed E-state index contributed by atoms with van der Waals surface area (Å²) in [6.45, 7) is 4.83. The monoisotopic (exact) mass is 334 g/mol. The third-order valence-electron chi connectivity index (χ3n) is 4.71. The number of imidazole rings is 1. The van der Waals surface area contributed by atoms with Crippen LogP contribution in [0.5, 0.6) is 0 Å². The van der Waals surface area contributed by atoms with Gasteiger partial charge in [-0.05, 0) is 6.07 Å². The number of rotatable bonds is 4. The Bertz CT molecular complexity index is 806. The molecule has 0 amide bonds. The van der Waals surface area contributed by atoms with Gasteiger partial charge >= 0.3 is 0 Å². The molecule has 1 aliphatic rings. The van der Waals surface area contributed by atoms with Crippen LogP contribution in [-0.2, 0) is 13.6 Å². The van der Waals surface area contributed by atoms with Crippen molar-refractivity contribution in [1.29, 1.82) is 0 Å². The Morgan fingerprint density at radius 1 is 0.880 bits per heavy atom. The molecule has 1 aromatic carbocycles. The van der Waals surface area contributed by atoms with Gasteiger partial charge in [-0.15, -0.1) is 0 Å². The average molecular weight is 334 g/mol. The molecule has 6 heteroatoms. The van der Waals surface area contributed by atoms with Crippen molar-refractivity contribution in [2.75, 3.05) is 31.1 Å². The van der Waals surface area contributed by atoms with Gasteiger partial charge < -0.3 is 9.47 Å². The molecule has 0 aliphatic carbocycles. The number of aromatic nitrogens is 4. The summed E-state index contributed by atoms with van der Waals surface area (Å²) in [5.74, 6) is 1.85. The van der Waals surface area contributed by atoms with E-state index in [2.05, 4.69) is 60.6 Å². The molecule has 0 unspecified atom stereocenters. The first-order valence-corrected chi connectivity index (χ1v) is 8.61. The molecule has 0 radical (unpaired) electrons. The normalized spacial score (nSPS) is 15.5. The minimum absolute atomic E-state index is 0.828. The van der Waals surface area contributed by atoms with Crippen LogP contribution in [-0.4, -0.2) is 50.6 Å². The molecule has 2 aromatic heterocycles. The Morgan fingerprint density at radius 2 is 1.60 bits per heavy atom. The molecule has 1 aliphatic heterocycles. The highest BCUT2D eigenvalue weighted by molar-refractivity contribution is 5.55. The van der Waals surface area contributed by atoms with E-state index in [-0.39, 0.29) is 0 Å². The van der Waals surface area contributed by atoms with Crippen molar-refractivity contribution in [2.45, 2.75) is 6.54 Å². The Labute approximate surface area is 147 Å². The lowest BCUT2D eigenvalue weighted by Crippen LogP contribution is -2.46. The fourth-order valence-corrected chi connectivity index (χ4v) is 3.24. The van der Waals surface area contributed by atoms with E-state index >= 15 is 0 Å². The van der Waals surface area contributed by atoms with Crippen LogP contribution in [0.4, 0.5) is 5.95 Å². The molecular formula is C19H22N6. The fraction of sp³-hybridized carbons (Fsp3) is 0.316. The maximum atomic E-state index is 4.62. The minimum Gasteiger partial charge on any atom is -0.338 e. The van der Waals surface area contributed by atoms with Crippen LogP contribution in [0.25, 0.3) is 11.4 Å². The topological polar surface area (TPSA) is 50.1 Å². The number of benzene rings is 1. The summed E-state index contributed by atoms with van der Waals surface area (Å²) < 4.78 is 2.20. The van der Waals surface area contributed by atoms with Gasteiger partial charge in [0.15, 0.2) is 0 Å². The summed E-state index contributed by atoms with van der Waals surface area (Å²) in [7, 11) is 2.10. The van der Waals surface area contributed by atoms with E-state index in [0.29, 0.717) is 0 Å². The van der Waals surface area contributed by atoms with Crippen molar-refractivity contribution in [1.82, 2.24) is 24.4 Å². The smallest absolute Gasteiger partial charge is 0.225 e. The van der Waals surface area contributed by atoms with Gasteiger partial charge in [0.05, 0.1) is 11.9 Å². The van der Waals surface area contributed by atoms with E-state index in [4.69, 9.17) is 0 Å². The Kier molecular flexibility index (Phi) is 4.43. The second kappa shape index (κ2) is 7.03. The second-order valence-electron chi connectivity index (χ2n) is 6.31. The van der Waals surface area contributed by atoms with Crippen LogP contribution < -0.4 is 4.90 Å². The highest BCUT2D eigenvalue weighted by atomic mass is 15.3. The van der Waals surface area contributed by atoms with Gasteiger partial charge in [-0.3, -0.25) is 4.90 Å². The zero-order valence-corrected chi connectivity index (χ0v) is 14.4. The van der Waals surface area contributed by atoms with Crippen molar-refractivity contribution >= 4 is 5.95 Å². The van der Waals surface area contributed by atoms with Crippen molar-refractivity contribution in [3.05, 3.63) is 60.7 Å². The third-order valence-corrected chi connectivity index (χ3v) is 4.71. The molecule has 128 valence electrons. The van der Waals surface area contributed by atoms with E-state index in [1.807, 2.05) is 18.3 Å². The highest BCUT2D eigenvalue weighted by Crippen LogP contribution is 2.19. The van der Waals surface area contributed by atoms with Crippen LogP contribution in [0.15, 0.2) is 55.0 Å². The Morgan fingerprint density at radius 3 is 2.32 bits per heavy atom. The van der Waals surface area contributed by atoms with Gasteiger partial charge in [0, 0.05) is 57.7 Å². The number of hydrogen-bond donors (Lipinski definition) is 0. The first kappa shape index (κ1) is 15.8. The van der Waals surface area contributed by atoms with Crippen molar-refractivity contribution in [3.63, 3.8) is 0 Å². The largest absolute Gasteiger partial charge is 0.338 e. The van der Waals surface area contributed by atoms with Crippen LogP contribution in [0.1, 0.15) is 5.69 Å². The molecule has 1 fully saturated rings. The van der Waals surface area contributed by atoms with Crippen LogP contribution >= 0.6 is 0 Å². The number of nitrogens with zero attached hydrogens (tertiary/aromatic N) is 6. The van der Waals surface area contributed by atoms with Crippen LogP contribution in [0.3, 0.4) is 0 Å². The van der Waals surface area contributed by atoms with Crippen LogP contribution in [0.2, 0.25) is 0 Å².